The number of nitrogens with one attached hydrogen (secondary N) is 1. The topological polar surface area (TPSA) is 67.4 Å². The highest BCUT2D eigenvalue weighted by molar-refractivity contribution is 5.80. The van der Waals surface area contributed by atoms with Gasteiger partial charge in [-0.2, -0.15) is 0 Å². The molecule has 0 unspecified atom stereocenters. The molecule has 2 N–H and O–H groups in total. The molecule has 0 saturated heterocycles. The Morgan fingerprint density at radius 1 is 1.26 bits per heavy atom. The maximum Gasteiger partial charge on any atom is 0.163 e. The van der Waals surface area contributed by atoms with Crippen LogP contribution in [0, 0.1) is 0 Å². The Kier molecular flexibility index (Phi) is 2.86. The minimum Gasteiger partial charge on any atom is -0.489 e. The number of ether oxygens (including phenoxy) is 2. The van der Waals surface area contributed by atoms with Gasteiger partial charge in [-0.25, -0.2) is 4.98 Å². The number of imidazole rings is 1. The quantitative estimate of drug-likeness (QED) is 0.868. The van der Waals surface area contributed by atoms with Crippen LogP contribution in [0.2, 0.25) is 0 Å². The van der Waals surface area contributed by atoms with Gasteiger partial charge in [-0.1, -0.05) is 13.8 Å². The first kappa shape index (κ1) is 12.3. The lowest BCUT2D eigenvalue weighted by atomic mass is 9.94. The van der Waals surface area contributed by atoms with Gasteiger partial charge in [0.05, 0.1) is 30.9 Å². The van der Waals surface area contributed by atoms with E-state index in [0.29, 0.717) is 13.2 Å². The number of benzene rings is 1. The molecule has 5 nitrogen and oxygen atoms in total. The van der Waals surface area contributed by atoms with Crippen LogP contribution in [-0.4, -0.2) is 34.9 Å². The molecule has 0 bridgehead atoms. The predicted molar refractivity (Wildman–Crippen MR) is 71.8 cm³/mol. The van der Waals surface area contributed by atoms with Crippen molar-refractivity contribution in [2.24, 2.45) is 0 Å². The van der Waals surface area contributed by atoms with Crippen molar-refractivity contribution in [1.29, 1.82) is 0 Å². The van der Waals surface area contributed by atoms with Crippen LogP contribution in [0.1, 0.15) is 26.1 Å². The third-order valence-electron chi connectivity index (χ3n) is 3.39. The van der Waals surface area contributed by atoms with E-state index in [9.17, 15) is 5.11 Å². The summed E-state index contributed by atoms with van der Waals surface area (Å²) in [4.78, 5) is 7.79. The molecule has 3 rings (SSSR count). The lowest BCUT2D eigenvalue weighted by Gasteiger charge is -2.17. The van der Waals surface area contributed by atoms with E-state index in [1.165, 1.54) is 0 Å². The van der Waals surface area contributed by atoms with Gasteiger partial charge in [-0.05, 0) is 0 Å². The van der Waals surface area contributed by atoms with E-state index in [1.54, 1.807) is 0 Å². The third kappa shape index (κ3) is 2.14. The number of fused-ring (bicyclic) bond motifs is 2. The summed E-state index contributed by atoms with van der Waals surface area (Å²) in [6.07, 6.45) is 0.888. The van der Waals surface area contributed by atoms with Crippen LogP contribution in [0.4, 0.5) is 0 Å². The Morgan fingerprint density at radius 2 is 1.95 bits per heavy atom. The Morgan fingerprint density at radius 3 is 2.63 bits per heavy atom. The molecule has 1 aromatic heterocycles. The maximum absolute atomic E-state index is 9.41. The molecule has 1 aliphatic rings. The standard InChI is InChI=1S/C14H18N2O3/c1-14(2,8-17)13-15-9-6-11-12(7-10(9)16-13)19-5-3-4-18-11/h6-7,17H,3-5,8H2,1-2H3,(H,15,16). The van der Waals surface area contributed by atoms with Crippen LogP contribution in [0.25, 0.3) is 11.0 Å². The fraction of sp³-hybridized carbons (Fsp3) is 0.500. The molecule has 0 saturated carbocycles. The van der Waals surface area contributed by atoms with Crippen molar-refractivity contribution in [3.8, 4) is 11.5 Å². The van der Waals surface area contributed by atoms with E-state index >= 15 is 0 Å². The van der Waals surface area contributed by atoms with E-state index in [0.717, 1.165) is 34.8 Å². The molecule has 2 heterocycles. The number of hydrogen-bond donors (Lipinski definition) is 2. The van der Waals surface area contributed by atoms with Crippen molar-refractivity contribution in [1.82, 2.24) is 9.97 Å². The van der Waals surface area contributed by atoms with Crippen LogP contribution in [0.3, 0.4) is 0 Å². The Hall–Kier alpha value is -1.75. The number of aromatic nitrogens is 2. The maximum atomic E-state index is 9.41. The summed E-state index contributed by atoms with van der Waals surface area (Å²) in [5.74, 6) is 2.26. The number of aromatic amines is 1. The van der Waals surface area contributed by atoms with Gasteiger partial charge in [0, 0.05) is 24.0 Å². The second-order valence-corrected chi connectivity index (χ2v) is 5.49. The van der Waals surface area contributed by atoms with Crippen molar-refractivity contribution < 1.29 is 14.6 Å². The van der Waals surface area contributed by atoms with Gasteiger partial charge in [0.25, 0.3) is 0 Å². The van der Waals surface area contributed by atoms with Crippen molar-refractivity contribution in [2.45, 2.75) is 25.7 Å². The SMILES string of the molecule is CC(C)(CO)c1nc2cc3c(cc2[nH]1)OCCCO3. The molecule has 0 fully saturated rings. The van der Waals surface area contributed by atoms with Crippen molar-refractivity contribution >= 4 is 11.0 Å². The Labute approximate surface area is 111 Å². The molecular weight excluding hydrogens is 244 g/mol. The zero-order valence-electron chi connectivity index (χ0n) is 11.2. The zero-order chi connectivity index (χ0) is 13.5. The molecule has 1 aliphatic heterocycles. The summed E-state index contributed by atoms with van der Waals surface area (Å²) in [5.41, 5.74) is 1.35. The molecule has 2 aromatic rings. The molecule has 102 valence electrons. The van der Waals surface area contributed by atoms with Crippen LogP contribution in [-0.2, 0) is 5.41 Å². The normalized spacial score (nSPS) is 15.5. The Bertz CT molecular complexity index is 561. The van der Waals surface area contributed by atoms with Gasteiger partial charge in [0.1, 0.15) is 5.82 Å². The largest absolute Gasteiger partial charge is 0.489 e. The van der Waals surface area contributed by atoms with Gasteiger partial charge in [0.15, 0.2) is 11.5 Å². The molecule has 1 aromatic carbocycles. The van der Waals surface area contributed by atoms with E-state index < -0.39 is 5.41 Å². The molecule has 19 heavy (non-hydrogen) atoms. The second-order valence-electron chi connectivity index (χ2n) is 5.49. The highest BCUT2D eigenvalue weighted by Crippen LogP contribution is 2.34. The number of aliphatic hydroxyl groups is 1. The molecule has 0 amide bonds. The summed E-state index contributed by atoms with van der Waals surface area (Å²) in [6, 6.07) is 3.81. The molecule has 5 heteroatoms. The lowest BCUT2D eigenvalue weighted by Crippen LogP contribution is -2.23. The first-order valence-electron chi connectivity index (χ1n) is 6.51. The van der Waals surface area contributed by atoms with Gasteiger partial charge < -0.3 is 19.6 Å². The van der Waals surface area contributed by atoms with Crippen LogP contribution >= 0.6 is 0 Å². The number of rotatable bonds is 2. The van der Waals surface area contributed by atoms with Gasteiger partial charge in [-0.3, -0.25) is 0 Å². The average Bonchev–Trinajstić information content (AvgIpc) is 2.68. The number of aliphatic hydroxyl groups excluding tert-OH is 1. The van der Waals surface area contributed by atoms with Crippen molar-refractivity contribution in [3.63, 3.8) is 0 Å². The molecule has 0 spiro atoms. The highest BCUT2D eigenvalue weighted by atomic mass is 16.5. The van der Waals surface area contributed by atoms with Crippen molar-refractivity contribution in [2.75, 3.05) is 19.8 Å². The summed E-state index contributed by atoms with van der Waals surface area (Å²) in [5, 5.41) is 9.41. The predicted octanol–water partition coefficient (Wildman–Crippen LogP) is 1.99. The fourth-order valence-electron chi connectivity index (χ4n) is 2.06. The number of nitrogens with zero attached hydrogens (tertiary/aromatic N) is 1. The van der Waals surface area contributed by atoms with Gasteiger partial charge >= 0.3 is 0 Å². The van der Waals surface area contributed by atoms with E-state index in [-0.39, 0.29) is 6.61 Å². The minimum absolute atomic E-state index is 0.0412. The molecule has 0 radical (unpaired) electrons. The summed E-state index contributed by atoms with van der Waals surface area (Å²) in [7, 11) is 0. The highest BCUT2D eigenvalue weighted by Gasteiger charge is 2.24. The third-order valence-corrected chi connectivity index (χ3v) is 3.39. The fourth-order valence-corrected chi connectivity index (χ4v) is 2.06. The van der Waals surface area contributed by atoms with Crippen LogP contribution in [0.5, 0.6) is 11.5 Å². The second kappa shape index (κ2) is 4.42. The summed E-state index contributed by atoms with van der Waals surface area (Å²) >= 11 is 0. The first-order chi connectivity index (χ1) is 9.10. The monoisotopic (exact) mass is 262 g/mol. The first-order valence-corrected chi connectivity index (χ1v) is 6.51. The molecule has 0 atom stereocenters. The summed E-state index contributed by atoms with van der Waals surface area (Å²) in [6.45, 7) is 5.27. The van der Waals surface area contributed by atoms with Crippen molar-refractivity contribution in [3.05, 3.63) is 18.0 Å². The zero-order valence-corrected chi connectivity index (χ0v) is 11.2. The average molecular weight is 262 g/mol. The van der Waals surface area contributed by atoms with E-state index in [4.69, 9.17) is 9.47 Å². The number of H-pyrrole nitrogens is 1. The smallest absolute Gasteiger partial charge is 0.163 e. The molecular formula is C14H18N2O3. The Balaban J connectivity index is 2.09. The van der Waals surface area contributed by atoms with E-state index in [1.807, 2.05) is 26.0 Å². The van der Waals surface area contributed by atoms with Gasteiger partial charge in [0.2, 0.25) is 0 Å². The molecule has 0 aliphatic carbocycles. The number of hydrogen-bond acceptors (Lipinski definition) is 4. The van der Waals surface area contributed by atoms with Gasteiger partial charge in [-0.15, -0.1) is 0 Å². The minimum atomic E-state index is -0.391. The van der Waals surface area contributed by atoms with Crippen LogP contribution < -0.4 is 9.47 Å². The summed E-state index contributed by atoms with van der Waals surface area (Å²) < 4.78 is 11.3. The lowest BCUT2D eigenvalue weighted by molar-refractivity contribution is 0.213. The van der Waals surface area contributed by atoms with Crippen LogP contribution in [0.15, 0.2) is 12.1 Å². The van der Waals surface area contributed by atoms with E-state index in [2.05, 4.69) is 9.97 Å².